The minimum Gasteiger partial charge on any atom is -0.491 e. The van der Waals surface area contributed by atoms with Crippen LogP contribution in [0.15, 0.2) is 48.5 Å². The van der Waals surface area contributed by atoms with Crippen molar-refractivity contribution in [3.63, 3.8) is 0 Å². The molecule has 174 valence electrons. The molecule has 2 aromatic carbocycles. The van der Waals surface area contributed by atoms with Gasteiger partial charge in [-0.15, -0.1) is 0 Å². The third-order valence-corrected chi connectivity index (χ3v) is 7.77. The SMILES string of the molecule is Cc1ccc(OCCNC(=O)[C@@H]2CCCN(S(=O)(=O)CCCc3ccccc3)C2)c(C)c1. The van der Waals surface area contributed by atoms with Crippen LogP contribution in [0.5, 0.6) is 5.75 Å². The highest BCUT2D eigenvalue weighted by atomic mass is 32.2. The summed E-state index contributed by atoms with van der Waals surface area (Å²) < 4.78 is 32.8. The number of rotatable bonds is 10. The molecule has 2 aromatic rings. The van der Waals surface area contributed by atoms with Crippen LogP contribution in [0.25, 0.3) is 0 Å². The first-order chi connectivity index (χ1) is 15.3. The van der Waals surface area contributed by atoms with E-state index in [9.17, 15) is 13.2 Å². The number of piperidine rings is 1. The van der Waals surface area contributed by atoms with E-state index < -0.39 is 10.0 Å². The summed E-state index contributed by atoms with van der Waals surface area (Å²) in [6, 6.07) is 15.9. The van der Waals surface area contributed by atoms with Gasteiger partial charge in [0.15, 0.2) is 0 Å². The van der Waals surface area contributed by atoms with Gasteiger partial charge < -0.3 is 10.1 Å². The van der Waals surface area contributed by atoms with Crippen LogP contribution in [0.1, 0.15) is 36.0 Å². The molecule has 3 rings (SSSR count). The Hall–Kier alpha value is -2.38. The second kappa shape index (κ2) is 11.5. The van der Waals surface area contributed by atoms with Gasteiger partial charge in [-0.1, -0.05) is 48.0 Å². The molecule has 0 bridgehead atoms. The van der Waals surface area contributed by atoms with Crippen molar-refractivity contribution in [2.45, 2.75) is 39.5 Å². The number of hydrogen-bond acceptors (Lipinski definition) is 4. The van der Waals surface area contributed by atoms with E-state index in [2.05, 4.69) is 11.4 Å². The Kier molecular flexibility index (Phi) is 8.70. The molecule has 6 nitrogen and oxygen atoms in total. The minimum absolute atomic E-state index is 0.0987. The van der Waals surface area contributed by atoms with Gasteiger partial charge in [0, 0.05) is 13.1 Å². The normalized spacial score (nSPS) is 17.1. The van der Waals surface area contributed by atoms with Crippen molar-refractivity contribution in [3.05, 3.63) is 65.2 Å². The number of aryl methyl sites for hydroxylation is 3. The number of carbonyl (C=O) groups excluding carboxylic acids is 1. The predicted molar refractivity (Wildman–Crippen MR) is 127 cm³/mol. The van der Waals surface area contributed by atoms with Gasteiger partial charge in [-0.3, -0.25) is 4.79 Å². The van der Waals surface area contributed by atoms with Crippen LogP contribution in [0, 0.1) is 19.8 Å². The predicted octanol–water partition coefficient (Wildman–Crippen LogP) is 3.47. The van der Waals surface area contributed by atoms with Crippen molar-refractivity contribution in [1.29, 1.82) is 0 Å². The summed E-state index contributed by atoms with van der Waals surface area (Å²) in [6.45, 7) is 5.56. The molecular weight excluding hydrogens is 424 g/mol. The fourth-order valence-corrected chi connectivity index (χ4v) is 5.66. The molecule has 0 aliphatic carbocycles. The first kappa shape index (κ1) is 24.3. The molecule has 0 saturated carbocycles. The second-order valence-electron chi connectivity index (χ2n) is 8.51. The number of carbonyl (C=O) groups is 1. The summed E-state index contributed by atoms with van der Waals surface area (Å²) in [5.41, 5.74) is 3.39. The summed E-state index contributed by atoms with van der Waals surface area (Å²) >= 11 is 0. The fraction of sp³-hybridized carbons (Fsp3) is 0.480. The molecule has 0 unspecified atom stereocenters. The van der Waals surface area contributed by atoms with Gasteiger partial charge in [0.1, 0.15) is 12.4 Å². The lowest BCUT2D eigenvalue weighted by molar-refractivity contribution is -0.126. The molecule has 1 saturated heterocycles. The maximum atomic E-state index is 12.8. The molecular formula is C25H34N2O4S. The lowest BCUT2D eigenvalue weighted by Crippen LogP contribution is -2.46. The number of nitrogens with one attached hydrogen (secondary N) is 1. The summed E-state index contributed by atoms with van der Waals surface area (Å²) in [7, 11) is -3.36. The van der Waals surface area contributed by atoms with Crippen molar-refractivity contribution in [2.24, 2.45) is 5.92 Å². The van der Waals surface area contributed by atoms with Gasteiger partial charge in [0.25, 0.3) is 0 Å². The molecule has 0 spiro atoms. The number of hydrogen-bond donors (Lipinski definition) is 1. The summed E-state index contributed by atoms with van der Waals surface area (Å²) in [5, 5.41) is 2.90. The zero-order valence-electron chi connectivity index (χ0n) is 19.0. The highest BCUT2D eigenvalue weighted by Crippen LogP contribution is 2.21. The van der Waals surface area contributed by atoms with Crippen molar-refractivity contribution in [3.8, 4) is 5.75 Å². The smallest absolute Gasteiger partial charge is 0.224 e. The Labute approximate surface area is 192 Å². The number of nitrogens with zero attached hydrogens (tertiary/aromatic N) is 1. The standard InChI is InChI=1S/C25H34N2O4S/c1-20-12-13-24(21(2)18-20)31-16-14-26-25(28)23-11-6-15-27(19-23)32(29,30)17-7-10-22-8-4-3-5-9-22/h3-5,8-9,12-13,18,23H,6-7,10-11,14-17,19H2,1-2H3,(H,26,28)/t23-/m1/s1. The summed E-state index contributed by atoms with van der Waals surface area (Å²) in [5.74, 6) is 0.516. The van der Waals surface area contributed by atoms with Crippen molar-refractivity contribution >= 4 is 15.9 Å². The van der Waals surface area contributed by atoms with Crippen LogP contribution in [0.3, 0.4) is 0 Å². The average molecular weight is 459 g/mol. The molecule has 1 aliphatic heterocycles. The molecule has 7 heteroatoms. The van der Waals surface area contributed by atoms with Crippen molar-refractivity contribution < 1.29 is 17.9 Å². The molecule has 32 heavy (non-hydrogen) atoms. The van der Waals surface area contributed by atoms with Gasteiger partial charge in [-0.2, -0.15) is 0 Å². The molecule has 0 radical (unpaired) electrons. The Balaban J connectivity index is 1.42. The Morgan fingerprint density at radius 1 is 1.16 bits per heavy atom. The molecule has 1 aliphatic rings. The highest BCUT2D eigenvalue weighted by Gasteiger charge is 2.31. The van der Waals surface area contributed by atoms with Crippen LogP contribution < -0.4 is 10.1 Å². The van der Waals surface area contributed by atoms with E-state index in [4.69, 9.17) is 4.74 Å². The van der Waals surface area contributed by atoms with Crippen molar-refractivity contribution in [1.82, 2.24) is 9.62 Å². The van der Waals surface area contributed by atoms with E-state index in [1.54, 1.807) is 0 Å². The third-order valence-electron chi connectivity index (χ3n) is 5.85. The highest BCUT2D eigenvalue weighted by molar-refractivity contribution is 7.89. The number of benzene rings is 2. The lowest BCUT2D eigenvalue weighted by atomic mass is 9.99. The van der Waals surface area contributed by atoms with Gasteiger partial charge in [0.05, 0.1) is 18.2 Å². The van der Waals surface area contributed by atoms with E-state index in [0.29, 0.717) is 39.0 Å². The van der Waals surface area contributed by atoms with Crippen LogP contribution in [0.4, 0.5) is 0 Å². The number of sulfonamides is 1. The summed E-state index contributed by atoms with van der Waals surface area (Å²) in [4.78, 5) is 12.6. The molecule has 0 aromatic heterocycles. The van der Waals surface area contributed by atoms with Gasteiger partial charge >= 0.3 is 0 Å². The van der Waals surface area contributed by atoms with Crippen LogP contribution in [-0.2, 0) is 21.2 Å². The first-order valence-electron chi connectivity index (χ1n) is 11.3. The van der Waals surface area contributed by atoms with Gasteiger partial charge in [-0.25, -0.2) is 12.7 Å². The monoisotopic (exact) mass is 458 g/mol. The molecule has 1 fully saturated rings. The largest absolute Gasteiger partial charge is 0.491 e. The first-order valence-corrected chi connectivity index (χ1v) is 13.0. The lowest BCUT2D eigenvalue weighted by Gasteiger charge is -2.31. The zero-order valence-corrected chi connectivity index (χ0v) is 19.9. The maximum Gasteiger partial charge on any atom is 0.224 e. The van der Waals surface area contributed by atoms with E-state index >= 15 is 0 Å². The summed E-state index contributed by atoms with van der Waals surface area (Å²) in [6.07, 6.45) is 2.72. The van der Waals surface area contributed by atoms with E-state index in [0.717, 1.165) is 23.3 Å². The topological polar surface area (TPSA) is 75.7 Å². The number of amides is 1. The molecule has 1 atom stereocenters. The maximum absolute atomic E-state index is 12.8. The van der Waals surface area contributed by atoms with E-state index in [1.807, 2.05) is 56.3 Å². The Morgan fingerprint density at radius 2 is 1.94 bits per heavy atom. The second-order valence-corrected chi connectivity index (χ2v) is 10.6. The van der Waals surface area contributed by atoms with Gasteiger partial charge in [0.2, 0.25) is 15.9 Å². The van der Waals surface area contributed by atoms with E-state index in [-0.39, 0.29) is 24.1 Å². The average Bonchev–Trinajstić information content (AvgIpc) is 2.78. The molecule has 1 N–H and O–H groups in total. The van der Waals surface area contributed by atoms with Gasteiger partial charge in [-0.05, 0) is 56.7 Å². The van der Waals surface area contributed by atoms with E-state index in [1.165, 1.54) is 9.87 Å². The van der Waals surface area contributed by atoms with Crippen LogP contribution in [0.2, 0.25) is 0 Å². The van der Waals surface area contributed by atoms with Crippen LogP contribution in [-0.4, -0.2) is 50.6 Å². The van der Waals surface area contributed by atoms with Crippen molar-refractivity contribution in [2.75, 3.05) is 32.0 Å². The quantitative estimate of drug-likeness (QED) is 0.553. The zero-order chi connectivity index (χ0) is 23.0. The molecule has 1 heterocycles. The molecule has 1 amide bonds. The fourth-order valence-electron chi connectivity index (χ4n) is 4.08. The Bertz CT molecular complexity index is 992. The third kappa shape index (κ3) is 7.07. The van der Waals surface area contributed by atoms with Crippen LogP contribution >= 0.6 is 0 Å². The number of ether oxygens (including phenoxy) is 1. The Morgan fingerprint density at radius 3 is 2.69 bits per heavy atom. The minimum atomic E-state index is -3.36.